The molecule has 3 amide bonds. The van der Waals surface area contributed by atoms with Gasteiger partial charge in [-0.15, -0.1) is 10.2 Å². The van der Waals surface area contributed by atoms with E-state index in [1.807, 2.05) is 30.3 Å². The summed E-state index contributed by atoms with van der Waals surface area (Å²) in [7, 11) is 1.54. The molecule has 0 aliphatic carbocycles. The van der Waals surface area contributed by atoms with Crippen LogP contribution in [0.4, 0.5) is 16.2 Å². The van der Waals surface area contributed by atoms with Crippen molar-refractivity contribution < 1.29 is 14.3 Å². The quantitative estimate of drug-likeness (QED) is 0.553. The third-order valence-electron chi connectivity index (χ3n) is 5.13. The number of para-hydroxylation sites is 1. The topological polar surface area (TPSA) is 96.4 Å². The highest BCUT2D eigenvalue weighted by Crippen LogP contribution is 2.31. The van der Waals surface area contributed by atoms with Crippen LogP contribution in [0.2, 0.25) is 5.02 Å². The smallest absolute Gasteiger partial charge is 0.321 e. The van der Waals surface area contributed by atoms with E-state index in [0.29, 0.717) is 40.2 Å². The Balaban J connectivity index is 1.40. The van der Waals surface area contributed by atoms with Crippen LogP contribution in [0.15, 0.2) is 48.5 Å². The summed E-state index contributed by atoms with van der Waals surface area (Å²) in [6, 6.07) is 14.0. The van der Waals surface area contributed by atoms with Crippen molar-refractivity contribution in [1.82, 2.24) is 15.1 Å². The Labute approximate surface area is 194 Å². The zero-order chi connectivity index (χ0) is 22.5. The van der Waals surface area contributed by atoms with Crippen molar-refractivity contribution in [3.63, 3.8) is 0 Å². The van der Waals surface area contributed by atoms with Gasteiger partial charge >= 0.3 is 6.03 Å². The number of ether oxygens (including phenoxy) is 1. The number of likely N-dealkylation sites (tertiary alicyclic amines) is 1. The van der Waals surface area contributed by atoms with Crippen molar-refractivity contribution in [2.75, 3.05) is 30.8 Å². The number of carbonyl (C=O) groups excluding carboxylic acids is 2. The molecule has 0 radical (unpaired) electrons. The van der Waals surface area contributed by atoms with Gasteiger partial charge in [0.1, 0.15) is 10.8 Å². The number of nitrogens with zero attached hydrogens (tertiary/aromatic N) is 3. The van der Waals surface area contributed by atoms with Crippen LogP contribution < -0.4 is 15.4 Å². The van der Waals surface area contributed by atoms with E-state index < -0.39 is 0 Å². The number of benzene rings is 2. The van der Waals surface area contributed by atoms with E-state index in [-0.39, 0.29) is 17.9 Å². The Morgan fingerprint density at radius 3 is 2.75 bits per heavy atom. The SMILES string of the molecule is COc1ccc(Cl)cc1NC(=O)N1CCC[C@@H](c2nnc(C(=O)Nc3ccccc3)s2)C1. The van der Waals surface area contributed by atoms with E-state index in [9.17, 15) is 9.59 Å². The Morgan fingerprint density at radius 2 is 1.97 bits per heavy atom. The van der Waals surface area contributed by atoms with Crippen LogP contribution in [0, 0.1) is 0 Å². The number of piperidine rings is 1. The number of carbonyl (C=O) groups is 2. The Hall–Kier alpha value is -3.17. The number of amides is 3. The second-order valence-electron chi connectivity index (χ2n) is 7.33. The third kappa shape index (κ3) is 5.17. The van der Waals surface area contributed by atoms with Gasteiger partial charge in [0, 0.05) is 29.7 Å². The van der Waals surface area contributed by atoms with Gasteiger partial charge in [-0.2, -0.15) is 0 Å². The molecule has 1 fully saturated rings. The molecule has 1 aliphatic rings. The van der Waals surface area contributed by atoms with Gasteiger partial charge in [-0.3, -0.25) is 4.79 Å². The molecule has 1 atom stereocenters. The molecule has 10 heteroatoms. The molecule has 32 heavy (non-hydrogen) atoms. The number of hydrogen-bond acceptors (Lipinski definition) is 6. The standard InChI is InChI=1S/C22H22ClN5O3S/c1-31-18-10-9-15(23)12-17(18)25-22(30)28-11-5-6-14(13-28)20-26-27-21(32-20)19(29)24-16-7-3-2-4-8-16/h2-4,7-10,12,14H,5-6,11,13H2,1H3,(H,24,29)(H,25,30)/t14-/m1/s1. The molecule has 0 bridgehead atoms. The maximum absolute atomic E-state index is 12.9. The van der Waals surface area contributed by atoms with Crippen molar-refractivity contribution in [1.29, 1.82) is 0 Å². The zero-order valence-corrected chi connectivity index (χ0v) is 18.9. The summed E-state index contributed by atoms with van der Waals surface area (Å²) in [6.45, 7) is 1.12. The predicted octanol–water partition coefficient (Wildman–Crippen LogP) is 4.86. The molecule has 8 nitrogen and oxygen atoms in total. The summed E-state index contributed by atoms with van der Waals surface area (Å²) in [5.74, 6) is 0.263. The van der Waals surface area contributed by atoms with Gasteiger partial charge in [-0.05, 0) is 43.2 Å². The van der Waals surface area contributed by atoms with Gasteiger partial charge < -0.3 is 20.3 Å². The second-order valence-corrected chi connectivity index (χ2v) is 8.77. The van der Waals surface area contributed by atoms with Gasteiger partial charge in [-0.25, -0.2) is 4.79 Å². The second kappa shape index (κ2) is 9.97. The van der Waals surface area contributed by atoms with E-state index in [1.165, 1.54) is 18.4 Å². The van der Waals surface area contributed by atoms with E-state index >= 15 is 0 Å². The number of anilines is 2. The van der Waals surface area contributed by atoms with Gasteiger partial charge in [0.15, 0.2) is 0 Å². The average Bonchev–Trinajstić information content (AvgIpc) is 3.31. The molecular formula is C22H22ClN5O3S. The molecule has 0 spiro atoms. The number of rotatable bonds is 5. The molecule has 1 aliphatic heterocycles. The molecule has 2 heterocycles. The lowest BCUT2D eigenvalue weighted by atomic mass is 9.99. The van der Waals surface area contributed by atoms with Crippen LogP contribution >= 0.6 is 22.9 Å². The van der Waals surface area contributed by atoms with E-state index in [2.05, 4.69) is 20.8 Å². The molecule has 2 aromatic carbocycles. The van der Waals surface area contributed by atoms with Crippen molar-refractivity contribution in [3.05, 3.63) is 63.6 Å². The van der Waals surface area contributed by atoms with Crippen LogP contribution in [0.25, 0.3) is 0 Å². The summed E-state index contributed by atoms with van der Waals surface area (Å²) in [6.07, 6.45) is 1.70. The van der Waals surface area contributed by atoms with E-state index in [1.54, 1.807) is 23.1 Å². The summed E-state index contributed by atoms with van der Waals surface area (Å²) < 4.78 is 5.30. The first-order chi connectivity index (χ1) is 15.5. The number of urea groups is 1. The van der Waals surface area contributed by atoms with Crippen molar-refractivity contribution in [2.24, 2.45) is 0 Å². The number of methoxy groups -OCH3 is 1. The average molecular weight is 472 g/mol. The predicted molar refractivity (Wildman–Crippen MR) is 125 cm³/mol. The highest BCUT2D eigenvalue weighted by Gasteiger charge is 2.28. The van der Waals surface area contributed by atoms with Crippen LogP contribution in [0.3, 0.4) is 0 Å². The first kappa shape index (κ1) is 22.0. The Kier molecular flexibility index (Phi) is 6.87. The van der Waals surface area contributed by atoms with Gasteiger partial charge in [0.25, 0.3) is 5.91 Å². The van der Waals surface area contributed by atoms with E-state index in [4.69, 9.17) is 16.3 Å². The molecule has 0 unspecified atom stereocenters. The van der Waals surface area contributed by atoms with Crippen LogP contribution in [-0.4, -0.2) is 47.2 Å². The summed E-state index contributed by atoms with van der Waals surface area (Å²) >= 11 is 7.32. The highest BCUT2D eigenvalue weighted by atomic mass is 35.5. The number of hydrogen-bond donors (Lipinski definition) is 2. The molecule has 166 valence electrons. The lowest BCUT2D eigenvalue weighted by molar-refractivity contribution is 0.102. The molecule has 3 aromatic rings. The minimum absolute atomic E-state index is 0.0199. The van der Waals surface area contributed by atoms with Crippen molar-refractivity contribution >= 4 is 46.3 Å². The fraction of sp³-hybridized carbons (Fsp3) is 0.273. The molecule has 0 saturated carbocycles. The fourth-order valence-corrected chi connectivity index (χ4v) is 4.57. The molecule has 1 aromatic heterocycles. The van der Waals surface area contributed by atoms with E-state index in [0.717, 1.165) is 17.8 Å². The normalized spacial score (nSPS) is 15.8. The first-order valence-electron chi connectivity index (χ1n) is 10.1. The first-order valence-corrected chi connectivity index (χ1v) is 11.3. The lowest BCUT2D eigenvalue weighted by Crippen LogP contribution is -2.41. The maximum Gasteiger partial charge on any atom is 0.321 e. The number of aromatic nitrogens is 2. The number of nitrogens with one attached hydrogen (secondary N) is 2. The lowest BCUT2D eigenvalue weighted by Gasteiger charge is -2.31. The zero-order valence-electron chi connectivity index (χ0n) is 17.4. The third-order valence-corrected chi connectivity index (χ3v) is 6.45. The van der Waals surface area contributed by atoms with Gasteiger partial charge in [0.2, 0.25) is 5.01 Å². The number of halogens is 1. The van der Waals surface area contributed by atoms with Crippen LogP contribution in [0.5, 0.6) is 5.75 Å². The molecule has 4 rings (SSSR count). The summed E-state index contributed by atoms with van der Waals surface area (Å²) in [4.78, 5) is 27.1. The molecule has 1 saturated heterocycles. The van der Waals surface area contributed by atoms with Crippen molar-refractivity contribution in [3.8, 4) is 5.75 Å². The monoisotopic (exact) mass is 471 g/mol. The van der Waals surface area contributed by atoms with Crippen molar-refractivity contribution in [2.45, 2.75) is 18.8 Å². The van der Waals surface area contributed by atoms with Crippen LogP contribution in [-0.2, 0) is 0 Å². The minimum atomic E-state index is -0.293. The molecule has 2 N–H and O–H groups in total. The molecular weight excluding hydrogens is 450 g/mol. The minimum Gasteiger partial charge on any atom is -0.495 e. The maximum atomic E-state index is 12.9. The van der Waals surface area contributed by atoms with Gasteiger partial charge in [-0.1, -0.05) is 41.1 Å². The Bertz CT molecular complexity index is 1110. The fourth-order valence-electron chi connectivity index (χ4n) is 3.53. The van der Waals surface area contributed by atoms with Gasteiger partial charge in [0.05, 0.1) is 12.8 Å². The highest BCUT2D eigenvalue weighted by molar-refractivity contribution is 7.13. The summed E-state index contributed by atoms with van der Waals surface area (Å²) in [5.41, 5.74) is 1.22. The Morgan fingerprint density at radius 1 is 1.16 bits per heavy atom. The largest absolute Gasteiger partial charge is 0.495 e. The van der Waals surface area contributed by atoms with Crippen LogP contribution in [0.1, 0.15) is 33.6 Å². The summed E-state index contributed by atoms with van der Waals surface area (Å²) in [5, 5.41) is 15.5.